The van der Waals surface area contributed by atoms with Crippen molar-refractivity contribution < 1.29 is 4.21 Å². The second kappa shape index (κ2) is 6.48. The van der Waals surface area contributed by atoms with Gasteiger partial charge in [0.1, 0.15) is 0 Å². The highest BCUT2D eigenvalue weighted by Gasteiger charge is 2.01. The average molecular weight is 237 g/mol. The highest BCUT2D eigenvalue weighted by Crippen LogP contribution is 2.14. The molecule has 0 bridgehead atoms. The van der Waals surface area contributed by atoms with Crippen molar-refractivity contribution in [1.82, 2.24) is 0 Å². The molecule has 0 aromatic heterocycles. The third-order valence-corrected chi connectivity index (χ3v) is 3.34. The number of allylic oxidation sites excluding steroid dienone is 1. The Hall–Kier alpha value is -1.09. The van der Waals surface area contributed by atoms with Gasteiger partial charge in [-0.15, -0.1) is 6.58 Å². The molecular formula is C13H19NOS. The Labute approximate surface area is 100 Å². The van der Waals surface area contributed by atoms with E-state index in [-0.39, 0.29) is 0 Å². The fourth-order valence-corrected chi connectivity index (χ4v) is 1.99. The lowest BCUT2D eigenvalue weighted by Gasteiger charge is -2.14. The highest BCUT2D eigenvalue weighted by atomic mass is 32.2. The molecule has 0 saturated carbocycles. The Morgan fingerprint density at radius 1 is 1.44 bits per heavy atom. The maximum Gasteiger partial charge on any atom is 0.0498 e. The summed E-state index contributed by atoms with van der Waals surface area (Å²) in [6.45, 7) is 5.86. The predicted octanol–water partition coefficient (Wildman–Crippen LogP) is 3.19. The van der Waals surface area contributed by atoms with Crippen LogP contribution in [-0.2, 0) is 10.8 Å². The normalized spacial score (nSPS) is 14.1. The molecular weight excluding hydrogens is 218 g/mol. The zero-order valence-corrected chi connectivity index (χ0v) is 10.7. The average Bonchev–Trinajstić information content (AvgIpc) is 2.27. The molecule has 0 spiro atoms. The van der Waals surface area contributed by atoms with Gasteiger partial charge in [-0.3, -0.25) is 4.21 Å². The van der Waals surface area contributed by atoms with Crippen LogP contribution in [0.3, 0.4) is 0 Å². The minimum Gasteiger partial charge on any atom is -0.383 e. The van der Waals surface area contributed by atoms with Gasteiger partial charge in [0.25, 0.3) is 0 Å². The molecule has 2 nitrogen and oxygen atoms in total. The lowest BCUT2D eigenvalue weighted by atomic mass is 10.1. The topological polar surface area (TPSA) is 29.1 Å². The highest BCUT2D eigenvalue weighted by molar-refractivity contribution is 7.84. The molecule has 1 N–H and O–H groups in total. The smallest absolute Gasteiger partial charge is 0.0498 e. The molecule has 1 rings (SSSR count). The van der Waals surface area contributed by atoms with Crippen molar-refractivity contribution in [2.75, 3.05) is 11.6 Å². The van der Waals surface area contributed by atoms with E-state index in [2.05, 4.69) is 18.8 Å². The van der Waals surface area contributed by atoms with Gasteiger partial charge in [-0.1, -0.05) is 6.08 Å². The van der Waals surface area contributed by atoms with Crippen LogP contribution in [0.15, 0.2) is 41.8 Å². The fourth-order valence-electron chi connectivity index (χ4n) is 1.47. The Bertz CT molecular complexity index is 359. The molecule has 3 heteroatoms. The first kappa shape index (κ1) is 13.0. The number of hydrogen-bond acceptors (Lipinski definition) is 2. The van der Waals surface area contributed by atoms with Crippen LogP contribution in [0.2, 0.25) is 0 Å². The molecule has 0 heterocycles. The Morgan fingerprint density at radius 3 is 2.56 bits per heavy atom. The summed E-state index contributed by atoms with van der Waals surface area (Å²) in [7, 11) is -0.896. The zero-order chi connectivity index (χ0) is 12.0. The van der Waals surface area contributed by atoms with Crippen molar-refractivity contribution in [1.29, 1.82) is 0 Å². The summed E-state index contributed by atoms with van der Waals surface area (Å²) in [5.41, 5.74) is 1.07. The molecule has 0 radical (unpaired) electrons. The van der Waals surface area contributed by atoms with Crippen molar-refractivity contribution in [3.8, 4) is 0 Å². The fraction of sp³-hybridized carbons (Fsp3) is 0.385. The molecule has 1 aromatic carbocycles. The van der Waals surface area contributed by atoms with Crippen molar-refractivity contribution in [2.24, 2.45) is 0 Å². The zero-order valence-electron chi connectivity index (χ0n) is 9.90. The summed E-state index contributed by atoms with van der Waals surface area (Å²) >= 11 is 0. The summed E-state index contributed by atoms with van der Waals surface area (Å²) in [5, 5.41) is 3.40. The van der Waals surface area contributed by atoms with Crippen LogP contribution >= 0.6 is 0 Å². The summed E-state index contributed by atoms with van der Waals surface area (Å²) in [6.07, 6.45) is 5.72. The molecule has 0 unspecified atom stereocenters. The number of rotatable bonds is 6. The van der Waals surface area contributed by atoms with Gasteiger partial charge in [0, 0.05) is 33.7 Å². The monoisotopic (exact) mass is 237 g/mol. The van der Waals surface area contributed by atoms with Crippen LogP contribution in [0.1, 0.15) is 19.8 Å². The number of nitrogens with one attached hydrogen (secondary N) is 1. The van der Waals surface area contributed by atoms with Crippen LogP contribution in [0, 0.1) is 0 Å². The first-order chi connectivity index (χ1) is 7.63. The maximum absolute atomic E-state index is 11.2. The van der Waals surface area contributed by atoms with Crippen LogP contribution < -0.4 is 5.32 Å². The van der Waals surface area contributed by atoms with E-state index < -0.39 is 10.8 Å². The Morgan fingerprint density at radius 2 is 2.06 bits per heavy atom. The molecule has 0 aliphatic heterocycles. The third-order valence-electron chi connectivity index (χ3n) is 2.40. The van der Waals surface area contributed by atoms with Crippen molar-refractivity contribution in [2.45, 2.75) is 30.7 Å². The van der Waals surface area contributed by atoms with Gasteiger partial charge >= 0.3 is 0 Å². The summed E-state index contributed by atoms with van der Waals surface area (Å²) in [4.78, 5) is 0.865. The van der Waals surface area contributed by atoms with E-state index in [1.54, 1.807) is 6.26 Å². The van der Waals surface area contributed by atoms with Crippen LogP contribution in [0.5, 0.6) is 0 Å². The van der Waals surface area contributed by atoms with Crippen molar-refractivity contribution >= 4 is 16.5 Å². The standard InChI is InChI=1S/C13H19NOS/c1-4-5-6-11(2)14-12-7-9-13(10-8-12)16(3)15/h4,7-11,14H,1,5-6H2,2-3H3/t11-,16+/m1/s1. The number of anilines is 1. The van der Waals surface area contributed by atoms with Crippen molar-refractivity contribution in [3.05, 3.63) is 36.9 Å². The van der Waals surface area contributed by atoms with Crippen LogP contribution in [0.4, 0.5) is 5.69 Å². The largest absolute Gasteiger partial charge is 0.383 e. The van der Waals surface area contributed by atoms with E-state index in [1.165, 1.54) is 0 Å². The molecule has 1 aromatic rings. The Kier molecular flexibility index (Phi) is 5.26. The van der Waals surface area contributed by atoms with Gasteiger partial charge in [-0.05, 0) is 44.0 Å². The molecule has 2 atom stereocenters. The van der Waals surface area contributed by atoms with Gasteiger partial charge in [0.15, 0.2) is 0 Å². The van der Waals surface area contributed by atoms with Gasteiger partial charge in [-0.2, -0.15) is 0 Å². The first-order valence-corrected chi connectivity index (χ1v) is 7.00. The second-order valence-electron chi connectivity index (χ2n) is 3.89. The summed E-state index contributed by atoms with van der Waals surface area (Å²) in [5.74, 6) is 0. The predicted molar refractivity (Wildman–Crippen MR) is 71.3 cm³/mol. The molecule has 0 aliphatic carbocycles. The van der Waals surface area contributed by atoms with E-state index in [0.717, 1.165) is 23.4 Å². The Balaban J connectivity index is 2.54. The molecule has 16 heavy (non-hydrogen) atoms. The van der Waals surface area contributed by atoms with Crippen LogP contribution in [-0.4, -0.2) is 16.5 Å². The molecule has 0 saturated heterocycles. The lowest BCUT2D eigenvalue weighted by Crippen LogP contribution is -2.14. The number of benzene rings is 1. The van der Waals surface area contributed by atoms with Crippen LogP contribution in [0.25, 0.3) is 0 Å². The second-order valence-corrected chi connectivity index (χ2v) is 5.27. The maximum atomic E-state index is 11.2. The summed E-state index contributed by atoms with van der Waals surface area (Å²) in [6, 6.07) is 8.18. The molecule has 0 fully saturated rings. The molecule has 0 amide bonds. The van der Waals surface area contributed by atoms with E-state index in [0.29, 0.717) is 6.04 Å². The van der Waals surface area contributed by atoms with Gasteiger partial charge < -0.3 is 5.32 Å². The van der Waals surface area contributed by atoms with E-state index in [9.17, 15) is 4.21 Å². The molecule has 0 aliphatic rings. The van der Waals surface area contributed by atoms with E-state index >= 15 is 0 Å². The quantitative estimate of drug-likeness (QED) is 0.770. The number of hydrogen-bond donors (Lipinski definition) is 1. The lowest BCUT2D eigenvalue weighted by molar-refractivity contribution is 0.687. The molecule has 88 valence electrons. The summed E-state index contributed by atoms with van der Waals surface area (Å²) < 4.78 is 11.2. The van der Waals surface area contributed by atoms with Gasteiger partial charge in [-0.25, -0.2) is 0 Å². The SMILES string of the molecule is C=CCC[C@@H](C)Nc1ccc([S@](C)=O)cc1. The van der Waals surface area contributed by atoms with E-state index in [1.807, 2.05) is 30.3 Å². The van der Waals surface area contributed by atoms with Gasteiger partial charge in [0.05, 0.1) is 0 Å². The first-order valence-electron chi connectivity index (χ1n) is 5.44. The van der Waals surface area contributed by atoms with E-state index in [4.69, 9.17) is 0 Å². The third kappa shape index (κ3) is 4.19. The van der Waals surface area contributed by atoms with Gasteiger partial charge in [0.2, 0.25) is 0 Å². The minimum atomic E-state index is -0.896. The minimum absolute atomic E-state index is 0.427. The van der Waals surface area contributed by atoms with Crippen molar-refractivity contribution in [3.63, 3.8) is 0 Å².